The predicted octanol–water partition coefficient (Wildman–Crippen LogP) is 1.69. The molecule has 4 nitrogen and oxygen atoms in total. The van der Waals surface area contributed by atoms with Crippen LogP contribution < -0.4 is 5.32 Å². The Morgan fingerprint density at radius 2 is 2.05 bits per heavy atom. The number of aryl methyl sites for hydroxylation is 1. The molecule has 1 heterocycles. The number of imidazole rings is 1. The monoisotopic (exact) mass is 259 g/mol. The van der Waals surface area contributed by atoms with Crippen LogP contribution in [0.4, 0.5) is 0 Å². The van der Waals surface area contributed by atoms with Crippen LogP contribution in [0.1, 0.15) is 18.3 Å². The summed E-state index contributed by atoms with van der Waals surface area (Å²) in [5.74, 6) is 0.951. The summed E-state index contributed by atoms with van der Waals surface area (Å²) in [5, 5.41) is 13.4. The smallest absolute Gasteiger partial charge is 0.105 e. The van der Waals surface area contributed by atoms with Crippen molar-refractivity contribution in [1.82, 2.24) is 14.9 Å². The van der Waals surface area contributed by atoms with Gasteiger partial charge in [0.25, 0.3) is 0 Å². The molecule has 0 saturated carbocycles. The predicted molar refractivity (Wildman–Crippen MR) is 75.8 cm³/mol. The SMILES string of the molecule is CCNC(CO)(Cn1ccnc1C)c1ccccc1. The van der Waals surface area contributed by atoms with Crippen molar-refractivity contribution in [3.63, 3.8) is 0 Å². The molecule has 1 aromatic heterocycles. The lowest BCUT2D eigenvalue weighted by Crippen LogP contribution is -2.49. The molecule has 102 valence electrons. The number of aliphatic hydroxyl groups excluding tert-OH is 1. The van der Waals surface area contributed by atoms with Crippen molar-refractivity contribution in [2.45, 2.75) is 25.9 Å². The van der Waals surface area contributed by atoms with Gasteiger partial charge in [0.05, 0.1) is 12.1 Å². The van der Waals surface area contributed by atoms with Gasteiger partial charge in [0, 0.05) is 18.9 Å². The average Bonchev–Trinajstić information content (AvgIpc) is 2.84. The van der Waals surface area contributed by atoms with Crippen LogP contribution in [-0.2, 0) is 12.1 Å². The van der Waals surface area contributed by atoms with Crippen molar-refractivity contribution in [2.24, 2.45) is 0 Å². The maximum atomic E-state index is 9.95. The van der Waals surface area contributed by atoms with E-state index in [0.717, 1.165) is 17.9 Å². The Hall–Kier alpha value is -1.65. The summed E-state index contributed by atoms with van der Waals surface area (Å²) in [6.07, 6.45) is 3.73. The van der Waals surface area contributed by atoms with E-state index < -0.39 is 5.54 Å². The van der Waals surface area contributed by atoms with Gasteiger partial charge in [-0.05, 0) is 19.0 Å². The van der Waals surface area contributed by atoms with Crippen LogP contribution in [0.3, 0.4) is 0 Å². The highest BCUT2D eigenvalue weighted by molar-refractivity contribution is 5.25. The average molecular weight is 259 g/mol. The van der Waals surface area contributed by atoms with Crippen LogP contribution in [0.5, 0.6) is 0 Å². The molecule has 2 N–H and O–H groups in total. The number of aliphatic hydroxyl groups is 1. The number of nitrogens with one attached hydrogen (secondary N) is 1. The second-order valence-corrected chi connectivity index (χ2v) is 4.74. The minimum Gasteiger partial charge on any atom is -0.394 e. The van der Waals surface area contributed by atoms with Crippen molar-refractivity contribution in [3.05, 3.63) is 54.1 Å². The number of aromatic nitrogens is 2. The fraction of sp³-hybridized carbons (Fsp3) is 0.400. The molecule has 1 unspecified atom stereocenters. The molecular weight excluding hydrogens is 238 g/mol. The first kappa shape index (κ1) is 13.8. The molecule has 0 bridgehead atoms. The van der Waals surface area contributed by atoms with E-state index in [1.54, 1.807) is 6.20 Å². The van der Waals surface area contributed by atoms with Gasteiger partial charge in [0.1, 0.15) is 5.82 Å². The molecule has 4 heteroatoms. The van der Waals surface area contributed by atoms with Gasteiger partial charge < -0.3 is 15.0 Å². The topological polar surface area (TPSA) is 50.1 Å². The molecule has 0 aliphatic carbocycles. The normalized spacial score (nSPS) is 14.3. The van der Waals surface area contributed by atoms with Crippen LogP contribution in [0.2, 0.25) is 0 Å². The lowest BCUT2D eigenvalue weighted by atomic mass is 9.90. The van der Waals surface area contributed by atoms with Crippen molar-refractivity contribution < 1.29 is 5.11 Å². The third kappa shape index (κ3) is 2.85. The first-order valence-electron chi connectivity index (χ1n) is 6.61. The van der Waals surface area contributed by atoms with Crippen LogP contribution in [0, 0.1) is 6.92 Å². The standard InChI is InChI=1S/C15H21N3O/c1-3-17-15(12-19,14-7-5-4-6-8-14)11-18-10-9-16-13(18)2/h4-10,17,19H,3,11-12H2,1-2H3. The van der Waals surface area contributed by atoms with Crippen LogP contribution in [0.25, 0.3) is 0 Å². The molecule has 0 aliphatic rings. The molecule has 2 aromatic rings. The zero-order chi connectivity index (χ0) is 13.7. The van der Waals surface area contributed by atoms with E-state index in [2.05, 4.69) is 14.9 Å². The van der Waals surface area contributed by atoms with Gasteiger partial charge in [-0.3, -0.25) is 0 Å². The molecular formula is C15H21N3O. The van der Waals surface area contributed by atoms with Gasteiger partial charge in [0.2, 0.25) is 0 Å². The Labute approximate surface area is 114 Å². The summed E-state index contributed by atoms with van der Waals surface area (Å²) in [6.45, 7) is 5.52. The Morgan fingerprint density at radius 1 is 1.32 bits per heavy atom. The van der Waals surface area contributed by atoms with Crippen LogP contribution in [-0.4, -0.2) is 27.8 Å². The molecule has 0 aliphatic heterocycles. The Balaban J connectivity index is 2.37. The summed E-state index contributed by atoms with van der Waals surface area (Å²) in [6, 6.07) is 10.1. The minimum absolute atomic E-state index is 0.0441. The third-order valence-electron chi connectivity index (χ3n) is 3.48. The van der Waals surface area contributed by atoms with Crippen LogP contribution >= 0.6 is 0 Å². The number of hydrogen-bond acceptors (Lipinski definition) is 3. The van der Waals surface area contributed by atoms with E-state index in [-0.39, 0.29) is 6.61 Å². The second-order valence-electron chi connectivity index (χ2n) is 4.74. The van der Waals surface area contributed by atoms with Gasteiger partial charge in [-0.15, -0.1) is 0 Å². The maximum Gasteiger partial charge on any atom is 0.105 e. The number of rotatable bonds is 6. The van der Waals surface area contributed by atoms with Crippen LogP contribution in [0.15, 0.2) is 42.7 Å². The molecule has 1 aromatic carbocycles. The fourth-order valence-corrected chi connectivity index (χ4v) is 2.40. The molecule has 2 rings (SSSR count). The maximum absolute atomic E-state index is 9.95. The van der Waals surface area contributed by atoms with Gasteiger partial charge in [-0.25, -0.2) is 4.98 Å². The number of benzene rings is 1. The number of nitrogens with zero attached hydrogens (tertiary/aromatic N) is 2. The molecule has 0 amide bonds. The highest BCUT2D eigenvalue weighted by Gasteiger charge is 2.31. The van der Waals surface area contributed by atoms with E-state index >= 15 is 0 Å². The van der Waals surface area contributed by atoms with Crippen molar-refractivity contribution >= 4 is 0 Å². The third-order valence-corrected chi connectivity index (χ3v) is 3.48. The summed E-state index contributed by atoms with van der Waals surface area (Å²) >= 11 is 0. The Morgan fingerprint density at radius 3 is 2.58 bits per heavy atom. The molecule has 1 atom stereocenters. The highest BCUT2D eigenvalue weighted by Crippen LogP contribution is 2.23. The lowest BCUT2D eigenvalue weighted by Gasteiger charge is -2.34. The Kier molecular flexibility index (Phi) is 4.35. The quantitative estimate of drug-likeness (QED) is 0.830. The molecule has 19 heavy (non-hydrogen) atoms. The van der Waals surface area contributed by atoms with E-state index in [9.17, 15) is 5.11 Å². The zero-order valence-electron chi connectivity index (χ0n) is 11.5. The molecule has 0 saturated heterocycles. The molecule has 0 spiro atoms. The zero-order valence-corrected chi connectivity index (χ0v) is 11.5. The van der Waals surface area contributed by atoms with Crippen molar-refractivity contribution in [3.8, 4) is 0 Å². The van der Waals surface area contributed by atoms with E-state index in [0.29, 0.717) is 6.54 Å². The fourth-order valence-electron chi connectivity index (χ4n) is 2.40. The lowest BCUT2D eigenvalue weighted by molar-refractivity contribution is 0.143. The van der Waals surface area contributed by atoms with E-state index in [1.165, 1.54) is 0 Å². The summed E-state index contributed by atoms with van der Waals surface area (Å²) in [4.78, 5) is 4.24. The second kappa shape index (κ2) is 5.99. The molecule has 0 radical (unpaired) electrons. The molecule has 0 fully saturated rings. The largest absolute Gasteiger partial charge is 0.394 e. The number of hydrogen-bond donors (Lipinski definition) is 2. The first-order valence-corrected chi connectivity index (χ1v) is 6.61. The highest BCUT2D eigenvalue weighted by atomic mass is 16.3. The van der Waals surface area contributed by atoms with Crippen molar-refractivity contribution in [1.29, 1.82) is 0 Å². The number of likely N-dealkylation sites (N-methyl/N-ethyl adjacent to an activating group) is 1. The summed E-state index contributed by atoms with van der Waals surface area (Å²) in [7, 11) is 0. The Bertz CT molecular complexity index is 509. The van der Waals surface area contributed by atoms with Gasteiger partial charge >= 0.3 is 0 Å². The first-order chi connectivity index (χ1) is 9.22. The van der Waals surface area contributed by atoms with E-state index in [1.807, 2.05) is 50.4 Å². The summed E-state index contributed by atoms with van der Waals surface area (Å²) in [5.41, 5.74) is 0.619. The minimum atomic E-state index is -0.471. The summed E-state index contributed by atoms with van der Waals surface area (Å²) < 4.78 is 2.06. The van der Waals surface area contributed by atoms with Crippen molar-refractivity contribution in [2.75, 3.05) is 13.2 Å². The van der Waals surface area contributed by atoms with Gasteiger partial charge in [-0.2, -0.15) is 0 Å². The van der Waals surface area contributed by atoms with Gasteiger partial charge in [0.15, 0.2) is 0 Å². The van der Waals surface area contributed by atoms with Gasteiger partial charge in [-0.1, -0.05) is 37.3 Å². The van der Waals surface area contributed by atoms with E-state index in [4.69, 9.17) is 0 Å².